The number of carbonyl (C=O) groups is 2. The Labute approximate surface area is 120 Å². The van der Waals surface area contributed by atoms with Crippen molar-refractivity contribution in [3.63, 3.8) is 0 Å². The summed E-state index contributed by atoms with van der Waals surface area (Å²) in [6, 6.07) is 5.70. The average Bonchev–Trinajstić information content (AvgIpc) is 2.48. The van der Waals surface area contributed by atoms with Crippen molar-refractivity contribution in [3.8, 4) is 5.75 Å². The quantitative estimate of drug-likeness (QED) is 0.736. The van der Waals surface area contributed by atoms with E-state index in [-0.39, 0.29) is 16.8 Å². The number of nitrogens with one attached hydrogen (secondary N) is 1. The van der Waals surface area contributed by atoms with Gasteiger partial charge < -0.3 is 20.9 Å². The van der Waals surface area contributed by atoms with E-state index in [0.29, 0.717) is 11.4 Å². The Balaban J connectivity index is 2.34. The zero-order valence-corrected chi connectivity index (χ0v) is 11.2. The smallest absolute Gasteiger partial charge is 0.337 e. The molecule has 108 valence electrons. The van der Waals surface area contributed by atoms with E-state index >= 15 is 0 Å². The Morgan fingerprint density at radius 2 is 2.05 bits per heavy atom. The van der Waals surface area contributed by atoms with Gasteiger partial charge in [-0.25, -0.2) is 4.79 Å². The first-order valence-electron chi connectivity index (χ1n) is 5.95. The summed E-state index contributed by atoms with van der Waals surface area (Å²) >= 11 is 0. The van der Waals surface area contributed by atoms with Gasteiger partial charge >= 0.3 is 5.97 Å². The molecule has 1 heterocycles. The van der Waals surface area contributed by atoms with E-state index in [4.69, 9.17) is 15.6 Å². The number of nitrogen functional groups attached to an aromatic ring is 1. The van der Waals surface area contributed by atoms with Gasteiger partial charge in [-0.2, -0.15) is 0 Å². The van der Waals surface area contributed by atoms with Crippen molar-refractivity contribution < 1.29 is 19.4 Å². The molecule has 0 saturated heterocycles. The number of anilines is 2. The molecule has 0 atom stereocenters. The number of rotatable bonds is 4. The van der Waals surface area contributed by atoms with Crippen LogP contribution in [0.2, 0.25) is 0 Å². The summed E-state index contributed by atoms with van der Waals surface area (Å²) in [7, 11) is 1.42. The first-order chi connectivity index (χ1) is 10.0. The number of methoxy groups -OCH3 is 1. The molecule has 0 aliphatic rings. The number of ether oxygens (including phenoxy) is 1. The van der Waals surface area contributed by atoms with Gasteiger partial charge in [-0.3, -0.25) is 9.78 Å². The lowest BCUT2D eigenvalue weighted by Gasteiger charge is -2.11. The summed E-state index contributed by atoms with van der Waals surface area (Å²) in [5.74, 6) is -1.39. The second-order valence-electron chi connectivity index (χ2n) is 4.14. The van der Waals surface area contributed by atoms with Crippen LogP contribution in [0.15, 0.2) is 36.7 Å². The largest absolute Gasteiger partial charge is 0.494 e. The number of aromatic carboxylic acids is 1. The van der Waals surface area contributed by atoms with Crippen LogP contribution in [0.25, 0.3) is 0 Å². The lowest BCUT2D eigenvalue weighted by atomic mass is 10.1. The Bertz CT molecular complexity index is 700. The molecule has 4 N–H and O–H groups in total. The number of hydrogen-bond acceptors (Lipinski definition) is 5. The molecular formula is C14H13N3O4. The third kappa shape index (κ3) is 3.08. The van der Waals surface area contributed by atoms with E-state index < -0.39 is 11.9 Å². The second-order valence-corrected chi connectivity index (χ2v) is 4.14. The number of amides is 1. The van der Waals surface area contributed by atoms with Gasteiger partial charge in [0.1, 0.15) is 5.75 Å². The average molecular weight is 287 g/mol. The number of carbonyl (C=O) groups excluding carboxylic acids is 1. The van der Waals surface area contributed by atoms with Gasteiger partial charge in [0, 0.05) is 11.9 Å². The Morgan fingerprint density at radius 3 is 2.71 bits per heavy atom. The molecule has 21 heavy (non-hydrogen) atoms. The van der Waals surface area contributed by atoms with Gasteiger partial charge in [0.2, 0.25) is 0 Å². The number of nitrogens with two attached hydrogens (primary N) is 1. The van der Waals surface area contributed by atoms with Crippen LogP contribution in [-0.2, 0) is 0 Å². The third-order valence-corrected chi connectivity index (χ3v) is 2.77. The van der Waals surface area contributed by atoms with E-state index in [0.717, 1.165) is 0 Å². The molecule has 1 aromatic heterocycles. The van der Waals surface area contributed by atoms with E-state index in [1.54, 1.807) is 0 Å². The first-order valence-corrected chi connectivity index (χ1v) is 5.95. The predicted octanol–water partition coefficient (Wildman–Crippen LogP) is 1.62. The SMILES string of the molecule is COc1cnccc1C(=O)Nc1ccc(N)cc1C(=O)O. The molecule has 0 saturated carbocycles. The monoisotopic (exact) mass is 287 g/mol. The number of hydrogen-bond donors (Lipinski definition) is 3. The maximum absolute atomic E-state index is 12.2. The van der Waals surface area contributed by atoms with Gasteiger partial charge in [0.25, 0.3) is 5.91 Å². The van der Waals surface area contributed by atoms with E-state index in [1.165, 1.54) is 43.8 Å². The molecule has 2 rings (SSSR count). The predicted molar refractivity (Wildman–Crippen MR) is 76.6 cm³/mol. The fraction of sp³-hybridized carbons (Fsp3) is 0.0714. The summed E-state index contributed by atoms with van der Waals surface area (Å²) in [6.45, 7) is 0. The summed E-state index contributed by atoms with van der Waals surface area (Å²) in [6.07, 6.45) is 2.84. The van der Waals surface area contributed by atoms with E-state index in [2.05, 4.69) is 10.3 Å². The van der Waals surface area contributed by atoms with Gasteiger partial charge in [0.05, 0.1) is 30.1 Å². The molecule has 0 aliphatic carbocycles. The number of pyridine rings is 1. The van der Waals surface area contributed by atoms with Crippen molar-refractivity contribution in [2.24, 2.45) is 0 Å². The van der Waals surface area contributed by atoms with Crippen molar-refractivity contribution in [1.29, 1.82) is 0 Å². The van der Waals surface area contributed by atoms with E-state index in [1.807, 2.05) is 0 Å². The molecule has 0 unspecified atom stereocenters. The molecule has 7 nitrogen and oxygen atoms in total. The molecular weight excluding hydrogens is 274 g/mol. The standard InChI is InChI=1S/C14H13N3O4/c1-21-12-7-16-5-4-9(12)13(18)17-11-3-2-8(15)6-10(11)14(19)20/h2-7H,15H2,1H3,(H,17,18)(H,19,20). The van der Waals surface area contributed by atoms with Crippen LogP contribution in [0.5, 0.6) is 5.75 Å². The summed E-state index contributed by atoms with van der Waals surface area (Å²) in [5.41, 5.74) is 6.16. The fourth-order valence-corrected chi connectivity index (χ4v) is 1.77. The van der Waals surface area contributed by atoms with Gasteiger partial charge in [-0.1, -0.05) is 0 Å². The third-order valence-electron chi connectivity index (χ3n) is 2.77. The van der Waals surface area contributed by atoms with Crippen molar-refractivity contribution in [2.75, 3.05) is 18.2 Å². The minimum Gasteiger partial charge on any atom is -0.494 e. The van der Waals surface area contributed by atoms with Crippen LogP contribution >= 0.6 is 0 Å². The van der Waals surface area contributed by atoms with Gasteiger partial charge in [-0.15, -0.1) is 0 Å². The first kappa shape index (κ1) is 14.3. The van der Waals surface area contributed by atoms with Crippen LogP contribution in [0.3, 0.4) is 0 Å². The number of aromatic nitrogens is 1. The minimum absolute atomic E-state index is 0.0867. The maximum atomic E-state index is 12.2. The summed E-state index contributed by atoms with van der Waals surface area (Å²) < 4.78 is 5.04. The van der Waals surface area contributed by atoms with Crippen LogP contribution in [0.4, 0.5) is 11.4 Å². The van der Waals surface area contributed by atoms with Crippen molar-refractivity contribution in [3.05, 3.63) is 47.8 Å². The Morgan fingerprint density at radius 1 is 1.29 bits per heavy atom. The second kappa shape index (κ2) is 5.91. The number of nitrogens with zero attached hydrogens (tertiary/aromatic N) is 1. The maximum Gasteiger partial charge on any atom is 0.337 e. The molecule has 1 amide bonds. The fourth-order valence-electron chi connectivity index (χ4n) is 1.77. The highest BCUT2D eigenvalue weighted by Crippen LogP contribution is 2.22. The molecule has 0 bridgehead atoms. The van der Waals surface area contributed by atoms with Crippen molar-refractivity contribution >= 4 is 23.3 Å². The molecule has 0 fully saturated rings. The van der Waals surface area contributed by atoms with Crippen LogP contribution in [-0.4, -0.2) is 29.1 Å². The Hall–Kier alpha value is -3.09. The highest BCUT2D eigenvalue weighted by Gasteiger charge is 2.16. The highest BCUT2D eigenvalue weighted by molar-refractivity contribution is 6.09. The summed E-state index contributed by atoms with van der Waals surface area (Å²) in [5, 5.41) is 11.7. The van der Waals surface area contributed by atoms with Crippen LogP contribution in [0.1, 0.15) is 20.7 Å². The normalized spacial score (nSPS) is 9.95. The zero-order chi connectivity index (χ0) is 15.4. The lowest BCUT2D eigenvalue weighted by Crippen LogP contribution is -2.16. The molecule has 7 heteroatoms. The highest BCUT2D eigenvalue weighted by atomic mass is 16.5. The van der Waals surface area contributed by atoms with E-state index in [9.17, 15) is 9.59 Å². The summed E-state index contributed by atoms with van der Waals surface area (Å²) in [4.78, 5) is 27.2. The molecule has 0 aliphatic heterocycles. The molecule has 0 spiro atoms. The topological polar surface area (TPSA) is 115 Å². The molecule has 0 radical (unpaired) electrons. The van der Waals surface area contributed by atoms with Crippen LogP contribution in [0, 0.1) is 0 Å². The zero-order valence-electron chi connectivity index (χ0n) is 11.2. The van der Waals surface area contributed by atoms with Crippen LogP contribution < -0.4 is 15.8 Å². The lowest BCUT2D eigenvalue weighted by molar-refractivity contribution is 0.0698. The van der Waals surface area contributed by atoms with Crippen molar-refractivity contribution in [2.45, 2.75) is 0 Å². The number of benzene rings is 1. The number of carboxylic acid groups (broad SMARTS) is 1. The molecule has 2 aromatic rings. The Kier molecular flexibility index (Phi) is 4.03. The number of carboxylic acids is 1. The molecule has 1 aromatic carbocycles. The van der Waals surface area contributed by atoms with Crippen molar-refractivity contribution in [1.82, 2.24) is 4.98 Å². The van der Waals surface area contributed by atoms with Gasteiger partial charge in [-0.05, 0) is 24.3 Å². The van der Waals surface area contributed by atoms with Gasteiger partial charge in [0.15, 0.2) is 0 Å². The minimum atomic E-state index is -1.18.